The first-order valence-corrected chi connectivity index (χ1v) is 5.88. The topological polar surface area (TPSA) is 40.5 Å². The highest BCUT2D eigenvalue weighted by Gasteiger charge is 2.30. The van der Waals surface area contributed by atoms with E-state index >= 15 is 0 Å². The predicted octanol–water partition coefficient (Wildman–Crippen LogP) is 1.95. The van der Waals surface area contributed by atoms with Crippen LogP contribution < -0.4 is 0 Å². The van der Waals surface area contributed by atoms with E-state index in [0.29, 0.717) is 19.5 Å². The van der Waals surface area contributed by atoms with E-state index in [1.54, 1.807) is 0 Å². The fraction of sp³-hybridized carbons (Fsp3) is 0.909. The third-order valence-corrected chi connectivity index (χ3v) is 3.03. The zero-order valence-electron chi connectivity index (χ0n) is 9.67. The van der Waals surface area contributed by atoms with Crippen LogP contribution in [-0.4, -0.2) is 41.8 Å². The summed E-state index contributed by atoms with van der Waals surface area (Å²) in [5.41, 5.74) is 0. The normalized spacial score (nSPS) is 21.6. The van der Waals surface area contributed by atoms with Crippen LogP contribution in [0.2, 0.25) is 0 Å². The molecule has 0 spiro atoms. The van der Waals surface area contributed by atoms with Crippen LogP contribution in [0.25, 0.3) is 0 Å². The molecule has 6 heteroatoms. The molecule has 1 heterocycles. The van der Waals surface area contributed by atoms with Gasteiger partial charge < -0.3 is 10.0 Å². The van der Waals surface area contributed by atoms with Crippen molar-refractivity contribution in [3.63, 3.8) is 0 Å². The smallest absolute Gasteiger partial charge is 0.389 e. The maximum atomic E-state index is 12.0. The second kappa shape index (κ2) is 6.23. The minimum Gasteiger partial charge on any atom is -0.396 e. The van der Waals surface area contributed by atoms with E-state index < -0.39 is 24.9 Å². The van der Waals surface area contributed by atoms with Crippen molar-refractivity contribution in [2.45, 2.75) is 38.3 Å². The number of aliphatic hydroxyl groups is 1. The Hall–Kier alpha value is -0.780. The number of aliphatic hydroxyl groups excluding tert-OH is 1. The molecule has 3 nitrogen and oxygen atoms in total. The van der Waals surface area contributed by atoms with E-state index in [0.717, 1.165) is 12.8 Å². The summed E-state index contributed by atoms with van der Waals surface area (Å²) >= 11 is 0. The Morgan fingerprint density at radius 3 is 2.71 bits per heavy atom. The molecule has 1 atom stereocenters. The zero-order valence-corrected chi connectivity index (χ0v) is 9.67. The lowest BCUT2D eigenvalue weighted by Gasteiger charge is -2.32. The molecule has 1 rings (SSSR count). The molecule has 1 aliphatic heterocycles. The standard InChI is InChI=1S/C11H18F3NO2/c12-11(13,14)5-3-10(17)15-6-1-2-9(8-15)4-7-16/h9,16H,1-8H2. The molecular formula is C11H18F3NO2. The summed E-state index contributed by atoms with van der Waals surface area (Å²) in [6.45, 7) is 1.09. The largest absolute Gasteiger partial charge is 0.396 e. The summed E-state index contributed by atoms with van der Waals surface area (Å²) < 4.78 is 35.9. The average molecular weight is 253 g/mol. The number of nitrogens with zero attached hydrogens (tertiary/aromatic N) is 1. The van der Waals surface area contributed by atoms with Crippen LogP contribution in [-0.2, 0) is 4.79 Å². The van der Waals surface area contributed by atoms with Crippen LogP contribution >= 0.6 is 0 Å². The van der Waals surface area contributed by atoms with Crippen molar-refractivity contribution in [3.05, 3.63) is 0 Å². The maximum absolute atomic E-state index is 12.0. The van der Waals surface area contributed by atoms with Crippen molar-refractivity contribution in [1.82, 2.24) is 4.90 Å². The summed E-state index contributed by atoms with van der Waals surface area (Å²) in [7, 11) is 0. The zero-order chi connectivity index (χ0) is 12.9. The maximum Gasteiger partial charge on any atom is 0.389 e. The van der Waals surface area contributed by atoms with Gasteiger partial charge in [0.25, 0.3) is 0 Å². The molecule has 0 aromatic carbocycles. The molecule has 17 heavy (non-hydrogen) atoms. The van der Waals surface area contributed by atoms with Gasteiger partial charge in [0, 0.05) is 26.1 Å². The lowest BCUT2D eigenvalue weighted by Crippen LogP contribution is -2.40. The lowest BCUT2D eigenvalue weighted by molar-refractivity contribution is -0.150. The summed E-state index contributed by atoms with van der Waals surface area (Å²) in [4.78, 5) is 13.1. The van der Waals surface area contributed by atoms with Gasteiger partial charge >= 0.3 is 6.18 Å². The number of halogens is 3. The monoisotopic (exact) mass is 253 g/mol. The number of alkyl halides is 3. The molecule has 1 aliphatic rings. The van der Waals surface area contributed by atoms with Gasteiger partial charge in [-0.15, -0.1) is 0 Å². The average Bonchev–Trinajstić information content (AvgIpc) is 2.26. The Kier molecular flexibility index (Phi) is 5.24. The van der Waals surface area contributed by atoms with Crippen molar-refractivity contribution in [1.29, 1.82) is 0 Å². The number of hydrogen-bond acceptors (Lipinski definition) is 2. The number of likely N-dealkylation sites (tertiary alicyclic amines) is 1. The van der Waals surface area contributed by atoms with Crippen molar-refractivity contribution in [3.8, 4) is 0 Å². The van der Waals surface area contributed by atoms with Crippen LogP contribution in [0.5, 0.6) is 0 Å². The highest BCUT2D eigenvalue weighted by Crippen LogP contribution is 2.24. The Morgan fingerprint density at radius 2 is 2.12 bits per heavy atom. The molecule has 0 aromatic heterocycles. The molecule has 1 saturated heterocycles. The first kappa shape index (κ1) is 14.3. The molecule has 0 bridgehead atoms. The van der Waals surface area contributed by atoms with E-state index in [-0.39, 0.29) is 12.5 Å². The van der Waals surface area contributed by atoms with Gasteiger partial charge in [-0.1, -0.05) is 0 Å². The van der Waals surface area contributed by atoms with E-state index in [2.05, 4.69) is 0 Å². The third-order valence-electron chi connectivity index (χ3n) is 3.03. The molecule has 1 N–H and O–H groups in total. The number of carbonyl (C=O) groups is 1. The predicted molar refractivity (Wildman–Crippen MR) is 56.3 cm³/mol. The van der Waals surface area contributed by atoms with Crippen molar-refractivity contribution in [2.24, 2.45) is 5.92 Å². The van der Waals surface area contributed by atoms with Crippen LogP contribution in [0.3, 0.4) is 0 Å². The summed E-state index contributed by atoms with van der Waals surface area (Å²) in [5, 5.41) is 8.80. The number of amides is 1. The van der Waals surface area contributed by atoms with Gasteiger partial charge in [0.1, 0.15) is 0 Å². The highest BCUT2D eigenvalue weighted by atomic mass is 19.4. The second-order valence-electron chi connectivity index (χ2n) is 4.48. The van der Waals surface area contributed by atoms with E-state index in [9.17, 15) is 18.0 Å². The van der Waals surface area contributed by atoms with Crippen LogP contribution in [0, 0.1) is 5.92 Å². The van der Waals surface area contributed by atoms with Crippen LogP contribution in [0.4, 0.5) is 13.2 Å². The van der Waals surface area contributed by atoms with Gasteiger partial charge in [0.15, 0.2) is 0 Å². The first-order valence-electron chi connectivity index (χ1n) is 5.88. The first-order chi connectivity index (χ1) is 7.92. The second-order valence-corrected chi connectivity index (χ2v) is 4.48. The van der Waals surface area contributed by atoms with Gasteiger partial charge in [-0.3, -0.25) is 4.79 Å². The Bertz CT molecular complexity index is 254. The van der Waals surface area contributed by atoms with E-state index in [1.807, 2.05) is 0 Å². The van der Waals surface area contributed by atoms with Gasteiger partial charge in [0.2, 0.25) is 5.91 Å². The van der Waals surface area contributed by atoms with Gasteiger partial charge in [-0.25, -0.2) is 0 Å². The molecule has 100 valence electrons. The number of rotatable bonds is 4. The van der Waals surface area contributed by atoms with Crippen molar-refractivity contribution in [2.75, 3.05) is 19.7 Å². The summed E-state index contributed by atoms with van der Waals surface area (Å²) in [5.74, 6) is -0.200. The van der Waals surface area contributed by atoms with Gasteiger partial charge in [-0.05, 0) is 25.2 Å². The molecule has 1 fully saturated rings. The Labute approximate surface area is 98.6 Å². The van der Waals surface area contributed by atoms with Crippen LogP contribution in [0.15, 0.2) is 0 Å². The van der Waals surface area contributed by atoms with Crippen molar-refractivity contribution < 1.29 is 23.1 Å². The quantitative estimate of drug-likeness (QED) is 0.832. The van der Waals surface area contributed by atoms with E-state index in [1.165, 1.54) is 4.90 Å². The molecule has 1 unspecified atom stereocenters. The number of hydrogen-bond donors (Lipinski definition) is 1. The summed E-state index contributed by atoms with van der Waals surface area (Å²) in [6, 6.07) is 0. The van der Waals surface area contributed by atoms with Gasteiger partial charge in [-0.2, -0.15) is 13.2 Å². The number of carbonyl (C=O) groups excluding carboxylic acids is 1. The minimum atomic E-state index is -4.27. The Morgan fingerprint density at radius 1 is 1.41 bits per heavy atom. The van der Waals surface area contributed by atoms with Crippen LogP contribution in [0.1, 0.15) is 32.1 Å². The Balaban J connectivity index is 2.36. The lowest BCUT2D eigenvalue weighted by atomic mass is 9.95. The summed E-state index contributed by atoms with van der Waals surface area (Å²) in [6.07, 6.45) is -3.42. The van der Waals surface area contributed by atoms with Gasteiger partial charge in [0.05, 0.1) is 6.42 Å². The van der Waals surface area contributed by atoms with E-state index in [4.69, 9.17) is 5.11 Å². The minimum absolute atomic E-state index is 0.0647. The molecule has 0 saturated carbocycles. The highest BCUT2D eigenvalue weighted by molar-refractivity contribution is 5.76. The van der Waals surface area contributed by atoms with Crippen molar-refractivity contribution >= 4 is 5.91 Å². The SMILES string of the molecule is O=C(CCC(F)(F)F)N1CCCC(CCO)C1. The molecule has 0 aliphatic carbocycles. The molecule has 1 amide bonds. The third kappa shape index (κ3) is 5.39. The fourth-order valence-corrected chi connectivity index (χ4v) is 2.12. The fourth-order valence-electron chi connectivity index (χ4n) is 2.12. The molecular weight excluding hydrogens is 235 g/mol. The molecule has 0 radical (unpaired) electrons. The molecule has 0 aromatic rings. The number of piperidine rings is 1.